The highest BCUT2D eigenvalue weighted by atomic mass is 32.2. The molecular formula is C14H21N3OS. The minimum absolute atomic E-state index is 0.350. The van der Waals surface area contributed by atoms with E-state index in [1.165, 1.54) is 0 Å². The largest absolute Gasteiger partial charge is 0.391 e. The van der Waals surface area contributed by atoms with Crippen molar-refractivity contribution in [3.8, 4) is 0 Å². The molecule has 0 saturated heterocycles. The fourth-order valence-corrected chi connectivity index (χ4v) is 2.58. The summed E-state index contributed by atoms with van der Waals surface area (Å²) in [6.45, 7) is 5.88. The summed E-state index contributed by atoms with van der Waals surface area (Å²) in [7, 11) is 0. The monoisotopic (exact) mass is 279 g/mol. The molecule has 104 valence electrons. The van der Waals surface area contributed by atoms with Crippen molar-refractivity contribution in [2.45, 2.75) is 25.1 Å². The fraction of sp³-hybridized carbons (Fsp3) is 0.500. The molecule has 0 aliphatic rings. The molecular weight excluding hydrogens is 258 g/mol. The zero-order chi connectivity index (χ0) is 13.7. The summed E-state index contributed by atoms with van der Waals surface area (Å²) in [6, 6.07) is 7.95. The number of nitrogens with one attached hydrogen (secondary N) is 2. The summed E-state index contributed by atoms with van der Waals surface area (Å²) in [5, 5.41) is 14.0. The SMILES string of the molecule is CC(C)CNCC(O)CSc1nc2ccccc2[nH]1. The van der Waals surface area contributed by atoms with Crippen molar-refractivity contribution in [2.75, 3.05) is 18.8 Å². The molecule has 19 heavy (non-hydrogen) atoms. The molecule has 1 aromatic heterocycles. The third-order valence-corrected chi connectivity index (χ3v) is 3.73. The van der Waals surface area contributed by atoms with Gasteiger partial charge in [-0.1, -0.05) is 37.7 Å². The number of aliphatic hydroxyl groups excluding tert-OH is 1. The van der Waals surface area contributed by atoms with Gasteiger partial charge < -0.3 is 15.4 Å². The normalized spacial score (nSPS) is 13.3. The van der Waals surface area contributed by atoms with E-state index in [-0.39, 0.29) is 6.10 Å². The van der Waals surface area contributed by atoms with Gasteiger partial charge >= 0.3 is 0 Å². The van der Waals surface area contributed by atoms with Gasteiger partial charge in [-0.3, -0.25) is 0 Å². The number of rotatable bonds is 7. The summed E-state index contributed by atoms with van der Waals surface area (Å²) >= 11 is 1.56. The maximum absolute atomic E-state index is 9.87. The average Bonchev–Trinajstić information content (AvgIpc) is 2.78. The van der Waals surface area contributed by atoms with Gasteiger partial charge in [-0.05, 0) is 24.6 Å². The highest BCUT2D eigenvalue weighted by Crippen LogP contribution is 2.19. The Hall–Kier alpha value is -1.04. The topological polar surface area (TPSA) is 60.9 Å². The summed E-state index contributed by atoms with van der Waals surface area (Å²) < 4.78 is 0. The van der Waals surface area contributed by atoms with Crippen LogP contribution in [0.4, 0.5) is 0 Å². The van der Waals surface area contributed by atoms with Crippen LogP contribution in [-0.4, -0.2) is 40.0 Å². The van der Waals surface area contributed by atoms with E-state index in [9.17, 15) is 5.11 Å². The summed E-state index contributed by atoms with van der Waals surface area (Å²) in [5.74, 6) is 1.25. The van der Waals surface area contributed by atoms with Crippen molar-refractivity contribution in [3.05, 3.63) is 24.3 Å². The molecule has 1 aromatic carbocycles. The number of imidazole rings is 1. The molecule has 3 N–H and O–H groups in total. The van der Waals surface area contributed by atoms with E-state index in [1.54, 1.807) is 11.8 Å². The van der Waals surface area contributed by atoms with E-state index in [2.05, 4.69) is 29.1 Å². The molecule has 0 saturated carbocycles. The van der Waals surface area contributed by atoms with Crippen molar-refractivity contribution >= 4 is 22.8 Å². The highest BCUT2D eigenvalue weighted by molar-refractivity contribution is 7.99. The zero-order valence-corrected chi connectivity index (χ0v) is 12.2. The first-order valence-electron chi connectivity index (χ1n) is 6.61. The Bertz CT molecular complexity index is 479. The van der Waals surface area contributed by atoms with Crippen LogP contribution in [-0.2, 0) is 0 Å². The maximum atomic E-state index is 9.87. The molecule has 1 atom stereocenters. The van der Waals surface area contributed by atoms with Gasteiger partial charge in [0.2, 0.25) is 0 Å². The molecule has 1 heterocycles. The third kappa shape index (κ3) is 4.53. The van der Waals surface area contributed by atoms with Gasteiger partial charge in [0.1, 0.15) is 0 Å². The molecule has 4 nitrogen and oxygen atoms in total. The van der Waals surface area contributed by atoms with E-state index >= 15 is 0 Å². The number of aliphatic hydroxyl groups is 1. The molecule has 0 radical (unpaired) electrons. The Balaban J connectivity index is 1.78. The lowest BCUT2D eigenvalue weighted by Gasteiger charge is -2.12. The lowest BCUT2D eigenvalue weighted by Crippen LogP contribution is -2.31. The molecule has 0 aliphatic heterocycles. The van der Waals surface area contributed by atoms with Crippen LogP contribution in [0.25, 0.3) is 11.0 Å². The number of nitrogens with zero attached hydrogens (tertiary/aromatic N) is 1. The van der Waals surface area contributed by atoms with Crippen LogP contribution in [0.2, 0.25) is 0 Å². The Labute approximate surface area is 118 Å². The number of hydrogen-bond acceptors (Lipinski definition) is 4. The van der Waals surface area contributed by atoms with Crippen LogP contribution in [0, 0.1) is 5.92 Å². The number of fused-ring (bicyclic) bond motifs is 1. The summed E-state index contributed by atoms with van der Waals surface area (Å²) in [6.07, 6.45) is -0.350. The van der Waals surface area contributed by atoms with Gasteiger partial charge in [0.05, 0.1) is 17.1 Å². The zero-order valence-electron chi connectivity index (χ0n) is 11.4. The molecule has 0 amide bonds. The average molecular weight is 279 g/mol. The smallest absolute Gasteiger partial charge is 0.166 e. The van der Waals surface area contributed by atoms with Gasteiger partial charge in [-0.25, -0.2) is 4.98 Å². The van der Waals surface area contributed by atoms with Gasteiger partial charge in [0.25, 0.3) is 0 Å². The van der Waals surface area contributed by atoms with Gasteiger partial charge in [0.15, 0.2) is 5.16 Å². The van der Waals surface area contributed by atoms with Crippen LogP contribution < -0.4 is 5.32 Å². The van der Waals surface area contributed by atoms with Crippen molar-refractivity contribution in [1.29, 1.82) is 0 Å². The first kappa shape index (κ1) is 14.4. The minimum atomic E-state index is -0.350. The Morgan fingerprint density at radius 2 is 2.11 bits per heavy atom. The molecule has 0 bridgehead atoms. The lowest BCUT2D eigenvalue weighted by atomic mass is 10.2. The number of para-hydroxylation sites is 2. The van der Waals surface area contributed by atoms with Crippen LogP contribution in [0.5, 0.6) is 0 Å². The van der Waals surface area contributed by atoms with Crippen molar-refractivity contribution in [2.24, 2.45) is 5.92 Å². The van der Waals surface area contributed by atoms with Gasteiger partial charge in [0, 0.05) is 12.3 Å². The van der Waals surface area contributed by atoms with E-state index < -0.39 is 0 Å². The number of H-pyrrole nitrogens is 1. The third-order valence-electron chi connectivity index (χ3n) is 2.71. The van der Waals surface area contributed by atoms with Gasteiger partial charge in [-0.2, -0.15) is 0 Å². The Kier molecular flexibility index (Phi) is 5.24. The predicted molar refractivity (Wildman–Crippen MR) is 80.5 cm³/mol. The van der Waals surface area contributed by atoms with E-state index in [4.69, 9.17) is 0 Å². The second-order valence-corrected chi connectivity index (χ2v) is 6.08. The van der Waals surface area contributed by atoms with E-state index in [1.807, 2.05) is 24.3 Å². The van der Waals surface area contributed by atoms with E-state index in [0.29, 0.717) is 18.2 Å². The van der Waals surface area contributed by atoms with Crippen LogP contribution in [0.1, 0.15) is 13.8 Å². The summed E-state index contributed by atoms with van der Waals surface area (Å²) in [4.78, 5) is 7.71. The van der Waals surface area contributed by atoms with Crippen LogP contribution in [0.3, 0.4) is 0 Å². The van der Waals surface area contributed by atoms with Crippen LogP contribution in [0.15, 0.2) is 29.4 Å². The number of aromatic nitrogens is 2. The molecule has 2 aromatic rings. The first-order chi connectivity index (χ1) is 9.15. The van der Waals surface area contributed by atoms with Crippen LogP contribution >= 0.6 is 11.8 Å². The molecule has 0 fully saturated rings. The second kappa shape index (κ2) is 6.93. The quantitative estimate of drug-likeness (QED) is 0.680. The number of thioether (sulfide) groups is 1. The Morgan fingerprint density at radius 3 is 2.84 bits per heavy atom. The second-order valence-electron chi connectivity index (χ2n) is 5.08. The predicted octanol–water partition coefficient (Wildman–Crippen LogP) is 2.26. The molecule has 1 unspecified atom stereocenters. The Morgan fingerprint density at radius 1 is 1.32 bits per heavy atom. The van der Waals surface area contributed by atoms with Crippen molar-refractivity contribution < 1.29 is 5.11 Å². The first-order valence-corrected chi connectivity index (χ1v) is 7.60. The van der Waals surface area contributed by atoms with E-state index in [0.717, 1.165) is 22.7 Å². The van der Waals surface area contributed by atoms with Crippen molar-refractivity contribution in [1.82, 2.24) is 15.3 Å². The minimum Gasteiger partial charge on any atom is -0.391 e. The number of hydrogen-bond donors (Lipinski definition) is 3. The number of aromatic amines is 1. The molecule has 2 rings (SSSR count). The lowest BCUT2D eigenvalue weighted by molar-refractivity contribution is 0.194. The van der Waals surface area contributed by atoms with Crippen molar-refractivity contribution in [3.63, 3.8) is 0 Å². The van der Waals surface area contributed by atoms with Gasteiger partial charge in [-0.15, -0.1) is 0 Å². The molecule has 0 spiro atoms. The fourth-order valence-electron chi connectivity index (χ4n) is 1.77. The standard InChI is InChI=1S/C14H21N3OS/c1-10(2)7-15-8-11(18)9-19-14-16-12-5-3-4-6-13(12)17-14/h3-6,10-11,15,18H,7-9H2,1-2H3,(H,16,17). The molecule has 0 aliphatic carbocycles. The molecule has 5 heteroatoms. The number of benzene rings is 1. The highest BCUT2D eigenvalue weighted by Gasteiger charge is 2.08. The maximum Gasteiger partial charge on any atom is 0.166 e. The summed E-state index contributed by atoms with van der Waals surface area (Å²) in [5.41, 5.74) is 2.01.